The van der Waals surface area contributed by atoms with E-state index in [0.29, 0.717) is 56.9 Å². The lowest BCUT2D eigenvalue weighted by molar-refractivity contribution is -0.273. The van der Waals surface area contributed by atoms with E-state index in [2.05, 4.69) is 0 Å². The van der Waals surface area contributed by atoms with Crippen LogP contribution < -0.4 is 0 Å². The van der Waals surface area contributed by atoms with Gasteiger partial charge in [0, 0.05) is 58.0 Å². The standard InChI is InChI=1S/C52H81NO13/c1-30-17-13-12-14-18-31(2)47(63-10)37(8)42-23-20-36(7)52(61,66-42)49(58)50(59)53-24-16-15-19-39(53)51(60)65-43(33(4)27-38-21-22-40(54)44(28-38)62-9)29-41(55)32(3)26-35(6)46(57)48(64-11)45(56)34(5)25-30/h12-14,17-18,26,30,32-34,36-40,42-44,46-48,54,57,61H,15-16,19-25,27-29H2,1-11H3/b14-12+,17-13+,31-18+,35-26+/t30-,32-,33-,34-,36-,37+,38+,39+,40-,42+,43+,44-,46-,47-,48+,52-/m1/s1. The number of hydrogen-bond acceptors (Lipinski definition) is 13. The summed E-state index contributed by atoms with van der Waals surface area (Å²) in [5.41, 5.74) is 1.26. The fourth-order valence-corrected chi connectivity index (χ4v) is 10.6. The zero-order chi connectivity index (χ0) is 49.0. The molecule has 0 unspecified atom stereocenters. The lowest BCUT2D eigenvalue weighted by atomic mass is 9.78. The first-order chi connectivity index (χ1) is 31.2. The number of cyclic esters (lactones) is 1. The molecule has 66 heavy (non-hydrogen) atoms. The summed E-state index contributed by atoms with van der Waals surface area (Å²) in [6.07, 6.45) is 10.8. The van der Waals surface area contributed by atoms with Crippen LogP contribution in [0.5, 0.6) is 0 Å². The van der Waals surface area contributed by atoms with Crippen molar-refractivity contribution in [2.45, 2.75) is 181 Å². The van der Waals surface area contributed by atoms with E-state index < -0.39 is 83.9 Å². The Hall–Kier alpha value is -3.37. The van der Waals surface area contributed by atoms with Gasteiger partial charge >= 0.3 is 5.97 Å². The van der Waals surface area contributed by atoms with Crippen LogP contribution >= 0.6 is 0 Å². The fraction of sp³-hybridized carbons (Fsp3) is 0.750. The van der Waals surface area contributed by atoms with Crippen LogP contribution in [0.15, 0.2) is 47.6 Å². The molecule has 372 valence electrons. The first-order valence-electron chi connectivity index (χ1n) is 24.4. The van der Waals surface area contributed by atoms with Gasteiger partial charge in [-0.05, 0) is 107 Å². The minimum atomic E-state index is -2.45. The maximum absolute atomic E-state index is 14.4. The van der Waals surface area contributed by atoms with Crippen LogP contribution in [-0.4, -0.2) is 132 Å². The molecule has 1 amide bonds. The van der Waals surface area contributed by atoms with Crippen molar-refractivity contribution in [1.29, 1.82) is 0 Å². The lowest BCUT2D eigenvalue weighted by Crippen LogP contribution is -2.61. The number of allylic oxidation sites excluding steroid dienone is 6. The van der Waals surface area contributed by atoms with Gasteiger partial charge in [0.25, 0.3) is 11.7 Å². The van der Waals surface area contributed by atoms with E-state index in [1.165, 1.54) is 12.0 Å². The highest BCUT2D eigenvalue weighted by atomic mass is 16.6. The molecule has 0 aromatic rings. The maximum Gasteiger partial charge on any atom is 0.329 e. The largest absolute Gasteiger partial charge is 0.460 e. The maximum atomic E-state index is 14.4. The third-order valence-electron chi connectivity index (χ3n) is 14.9. The Labute approximate surface area is 393 Å². The molecular weight excluding hydrogens is 847 g/mol. The Bertz CT molecular complexity index is 1790. The summed E-state index contributed by atoms with van der Waals surface area (Å²) in [4.78, 5) is 72.1. The number of nitrogens with zero attached hydrogens (tertiary/aromatic N) is 1. The highest BCUT2D eigenvalue weighted by Crippen LogP contribution is 2.39. The van der Waals surface area contributed by atoms with Gasteiger partial charge in [0.05, 0.1) is 24.4 Å². The summed E-state index contributed by atoms with van der Waals surface area (Å²) in [5.74, 6) is -8.34. The molecule has 4 rings (SSSR count). The number of rotatable bonds is 6. The average Bonchev–Trinajstić information content (AvgIpc) is 3.29. The number of carbonyl (C=O) groups excluding carboxylic acids is 5. The Morgan fingerprint density at radius 1 is 0.833 bits per heavy atom. The van der Waals surface area contributed by atoms with Gasteiger partial charge in [-0.2, -0.15) is 0 Å². The summed E-state index contributed by atoms with van der Waals surface area (Å²) in [5, 5.41) is 34.0. The lowest BCUT2D eigenvalue weighted by Gasteiger charge is -2.44. The van der Waals surface area contributed by atoms with E-state index in [-0.39, 0.29) is 60.7 Å². The number of amides is 1. The molecule has 3 N–H and O–H groups in total. The highest BCUT2D eigenvalue weighted by molar-refractivity contribution is 6.39. The third-order valence-corrected chi connectivity index (χ3v) is 14.9. The molecule has 1 saturated carbocycles. The molecule has 14 nitrogen and oxygen atoms in total. The van der Waals surface area contributed by atoms with Gasteiger partial charge in [0.2, 0.25) is 5.79 Å². The molecule has 2 bridgehead atoms. The second kappa shape index (κ2) is 25.3. The minimum absolute atomic E-state index is 0.0147. The highest BCUT2D eigenvalue weighted by Gasteiger charge is 2.54. The topological polar surface area (TPSA) is 195 Å². The van der Waals surface area contributed by atoms with E-state index >= 15 is 0 Å². The van der Waals surface area contributed by atoms with Gasteiger partial charge in [-0.1, -0.05) is 78.0 Å². The number of fused-ring (bicyclic) bond motifs is 3. The average molecular weight is 928 g/mol. The summed E-state index contributed by atoms with van der Waals surface area (Å²) < 4.78 is 29.6. The predicted octanol–water partition coefficient (Wildman–Crippen LogP) is 6.43. The van der Waals surface area contributed by atoms with Crippen molar-refractivity contribution in [3.63, 3.8) is 0 Å². The number of piperidine rings is 1. The fourth-order valence-electron chi connectivity index (χ4n) is 10.6. The van der Waals surface area contributed by atoms with E-state index in [9.17, 15) is 39.3 Å². The quantitative estimate of drug-likeness (QED) is 0.150. The van der Waals surface area contributed by atoms with Gasteiger partial charge in [-0.15, -0.1) is 0 Å². The van der Waals surface area contributed by atoms with Gasteiger partial charge in [0.1, 0.15) is 30.1 Å². The summed E-state index contributed by atoms with van der Waals surface area (Å²) >= 11 is 0. The molecule has 3 aliphatic heterocycles. The van der Waals surface area contributed by atoms with Gasteiger partial charge in [0.15, 0.2) is 5.78 Å². The first-order valence-corrected chi connectivity index (χ1v) is 24.4. The normalized spacial score (nSPS) is 41.1. The third kappa shape index (κ3) is 13.9. The first kappa shape index (κ1) is 55.2. The van der Waals surface area contributed by atoms with E-state index in [0.717, 1.165) is 12.0 Å². The smallest absolute Gasteiger partial charge is 0.329 e. The number of ketones is 3. The molecule has 4 aliphatic rings. The SMILES string of the molecule is CO[C@@H]1/C(C)=C/C=C/C=C/[C@@H](C)C[C@@H](C)C(=O)[C@H](OC)[C@H](O)/C(C)=C/[C@@H](C)C(=O)C[C@@H]([C@H](C)C[C@@H]2CC[C@@H](O)[C@H](OC)C2)OC(=O)[C@@H]2CCCCN2C(=O)C(=O)[C@]2(O)O[C@@H](CC[C@H]2C)[C@@H]1C. The number of Topliss-reactive ketones (excluding diaryl/α,β-unsaturated/α-hetero) is 3. The van der Waals surface area contributed by atoms with Gasteiger partial charge < -0.3 is 43.9 Å². The second-order valence-corrected chi connectivity index (χ2v) is 20.1. The zero-order valence-corrected chi connectivity index (χ0v) is 41.5. The van der Waals surface area contributed by atoms with Gasteiger partial charge in [-0.3, -0.25) is 19.2 Å². The summed E-state index contributed by atoms with van der Waals surface area (Å²) in [7, 11) is 4.53. The second-order valence-electron chi connectivity index (χ2n) is 20.1. The molecule has 14 heteroatoms. The van der Waals surface area contributed by atoms with Crippen molar-refractivity contribution in [2.75, 3.05) is 27.9 Å². The monoisotopic (exact) mass is 928 g/mol. The number of carbonyl (C=O) groups is 5. The number of aliphatic hydroxyl groups excluding tert-OH is 2. The van der Waals surface area contributed by atoms with Crippen LogP contribution in [-0.2, 0) is 47.7 Å². The molecule has 0 spiro atoms. The molecule has 2 saturated heterocycles. The number of methoxy groups -OCH3 is 3. The van der Waals surface area contributed by atoms with Crippen LogP contribution in [0.2, 0.25) is 0 Å². The Kier molecular flexibility index (Phi) is 21.2. The van der Waals surface area contributed by atoms with E-state index in [4.69, 9.17) is 23.7 Å². The van der Waals surface area contributed by atoms with E-state index in [1.807, 2.05) is 65.0 Å². The van der Waals surface area contributed by atoms with Crippen molar-refractivity contribution in [2.24, 2.45) is 41.4 Å². The van der Waals surface area contributed by atoms with E-state index in [1.54, 1.807) is 41.1 Å². The van der Waals surface area contributed by atoms with Crippen molar-refractivity contribution < 1.29 is 63.0 Å². The van der Waals surface area contributed by atoms with Crippen molar-refractivity contribution in [3.8, 4) is 0 Å². The van der Waals surface area contributed by atoms with Crippen molar-refractivity contribution >= 4 is 29.2 Å². The number of ether oxygens (including phenoxy) is 5. The summed E-state index contributed by atoms with van der Waals surface area (Å²) in [6, 6.07) is -1.15. The number of aliphatic hydroxyl groups is 3. The molecule has 3 heterocycles. The molecule has 0 aromatic carbocycles. The molecule has 0 aromatic heterocycles. The summed E-state index contributed by atoms with van der Waals surface area (Å²) in [6.45, 7) is 14.7. The Balaban J connectivity index is 1.72. The zero-order valence-electron chi connectivity index (χ0n) is 41.5. The van der Waals surface area contributed by atoms with Crippen molar-refractivity contribution in [3.05, 3.63) is 47.6 Å². The molecule has 16 atom stereocenters. The molecule has 0 radical (unpaired) electrons. The Morgan fingerprint density at radius 3 is 2.20 bits per heavy atom. The van der Waals surface area contributed by atoms with Crippen molar-refractivity contribution in [1.82, 2.24) is 4.90 Å². The molecule has 1 aliphatic carbocycles. The molecular formula is C52H81NO13. The van der Waals surface area contributed by atoms with Crippen LogP contribution in [0.25, 0.3) is 0 Å². The number of hydrogen-bond donors (Lipinski definition) is 3. The molecule has 3 fully saturated rings. The van der Waals surface area contributed by atoms with Gasteiger partial charge in [-0.25, -0.2) is 4.79 Å². The van der Waals surface area contributed by atoms with Crippen LogP contribution in [0.4, 0.5) is 0 Å². The van der Waals surface area contributed by atoms with Crippen LogP contribution in [0, 0.1) is 41.4 Å². The van der Waals surface area contributed by atoms with Crippen LogP contribution in [0.3, 0.4) is 0 Å². The Morgan fingerprint density at radius 2 is 1.53 bits per heavy atom. The van der Waals surface area contributed by atoms with Crippen LogP contribution in [0.1, 0.15) is 126 Å². The predicted molar refractivity (Wildman–Crippen MR) is 250 cm³/mol. The minimum Gasteiger partial charge on any atom is -0.460 e. The number of esters is 1.